The number of nitriles is 1. The zero-order valence-corrected chi connectivity index (χ0v) is 12.2. The zero-order chi connectivity index (χ0) is 14.7. The van der Waals surface area contributed by atoms with Crippen LogP contribution in [0.25, 0.3) is 0 Å². The molecular formula is C16H14N2O2S. The molecule has 1 aliphatic rings. The van der Waals surface area contributed by atoms with Crippen molar-refractivity contribution in [1.82, 2.24) is 4.90 Å². The van der Waals surface area contributed by atoms with Gasteiger partial charge < -0.3 is 9.64 Å². The van der Waals surface area contributed by atoms with Crippen LogP contribution < -0.4 is 4.74 Å². The van der Waals surface area contributed by atoms with Crippen LogP contribution in [0.4, 0.5) is 0 Å². The highest BCUT2D eigenvalue weighted by Gasteiger charge is 2.21. The highest BCUT2D eigenvalue weighted by molar-refractivity contribution is 7.10. The van der Waals surface area contributed by atoms with Gasteiger partial charge in [0, 0.05) is 18.0 Å². The quantitative estimate of drug-likeness (QED) is 0.875. The number of nitrogens with zero attached hydrogens (tertiary/aromatic N) is 2. The lowest BCUT2D eigenvalue weighted by atomic mass is 10.1. The van der Waals surface area contributed by atoms with E-state index in [-0.39, 0.29) is 12.5 Å². The van der Waals surface area contributed by atoms with Gasteiger partial charge in [-0.15, -0.1) is 11.3 Å². The molecule has 0 radical (unpaired) electrons. The van der Waals surface area contributed by atoms with Crippen molar-refractivity contribution in [3.05, 3.63) is 51.7 Å². The molecule has 0 saturated heterocycles. The summed E-state index contributed by atoms with van der Waals surface area (Å²) in [6, 6.07) is 10.9. The Kier molecular flexibility index (Phi) is 3.89. The first-order chi connectivity index (χ1) is 10.3. The van der Waals surface area contributed by atoms with Gasteiger partial charge >= 0.3 is 0 Å². The molecule has 0 bridgehead atoms. The molecule has 0 N–H and O–H groups in total. The summed E-state index contributed by atoms with van der Waals surface area (Å²) in [5.74, 6) is 0.604. The molecule has 0 aliphatic carbocycles. The highest BCUT2D eigenvalue weighted by atomic mass is 32.1. The van der Waals surface area contributed by atoms with Gasteiger partial charge in [0.25, 0.3) is 5.91 Å². The van der Waals surface area contributed by atoms with Crippen LogP contribution in [-0.4, -0.2) is 24.0 Å². The molecule has 0 unspecified atom stereocenters. The minimum Gasteiger partial charge on any atom is -0.484 e. The first-order valence-electron chi connectivity index (χ1n) is 6.72. The molecule has 0 fully saturated rings. The lowest BCUT2D eigenvalue weighted by Gasteiger charge is -2.26. The molecule has 3 rings (SSSR count). The first-order valence-corrected chi connectivity index (χ1v) is 7.60. The van der Waals surface area contributed by atoms with Gasteiger partial charge in [0.1, 0.15) is 5.75 Å². The number of thiophene rings is 1. The number of rotatable bonds is 3. The maximum atomic E-state index is 12.2. The summed E-state index contributed by atoms with van der Waals surface area (Å²) >= 11 is 1.76. The molecular weight excluding hydrogens is 284 g/mol. The molecule has 106 valence electrons. The molecule has 2 heterocycles. The molecule has 1 aromatic heterocycles. The van der Waals surface area contributed by atoms with Crippen molar-refractivity contribution in [1.29, 1.82) is 5.26 Å². The second-order valence-electron chi connectivity index (χ2n) is 4.86. The second-order valence-corrected chi connectivity index (χ2v) is 5.86. The number of carbonyl (C=O) groups excluding carboxylic acids is 1. The molecule has 1 aromatic carbocycles. The van der Waals surface area contributed by atoms with E-state index >= 15 is 0 Å². The Morgan fingerprint density at radius 2 is 2.14 bits per heavy atom. The summed E-state index contributed by atoms with van der Waals surface area (Å²) < 4.78 is 5.49. The largest absolute Gasteiger partial charge is 0.484 e. The summed E-state index contributed by atoms with van der Waals surface area (Å²) in [7, 11) is 0. The van der Waals surface area contributed by atoms with Crippen molar-refractivity contribution >= 4 is 17.2 Å². The lowest BCUT2D eigenvalue weighted by molar-refractivity contribution is -0.134. The smallest absolute Gasteiger partial charge is 0.260 e. The number of carbonyl (C=O) groups is 1. The predicted octanol–water partition coefficient (Wildman–Crippen LogP) is 2.58. The zero-order valence-electron chi connectivity index (χ0n) is 11.4. The topological polar surface area (TPSA) is 53.3 Å². The fourth-order valence-electron chi connectivity index (χ4n) is 2.32. The van der Waals surface area contributed by atoms with E-state index in [4.69, 9.17) is 10.00 Å². The molecule has 5 heteroatoms. The minimum atomic E-state index is -0.00351. The van der Waals surface area contributed by atoms with E-state index in [1.165, 1.54) is 10.4 Å². The third kappa shape index (κ3) is 3.06. The molecule has 21 heavy (non-hydrogen) atoms. The monoisotopic (exact) mass is 298 g/mol. The van der Waals surface area contributed by atoms with Crippen molar-refractivity contribution in [2.24, 2.45) is 0 Å². The number of ether oxygens (including phenoxy) is 1. The van der Waals surface area contributed by atoms with Crippen LogP contribution in [0.15, 0.2) is 35.7 Å². The fourth-order valence-corrected chi connectivity index (χ4v) is 3.21. The maximum absolute atomic E-state index is 12.2. The van der Waals surface area contributed by atoms with Gasteiger partial charge in [-0.2, -0.15) is 5.26 Å². The Morgan fingerprint density at radius 1 is 1.33 bits per heavy atom. The van der Waals surface area contributed by atoms with Crippen LogP contribution in [0.2, 0.25) is 0 Å². The van der Waals surface area contributed by atoms with E-state index in [0.717, 1.165) is 13.0 Å². The van der Waals surface area contributed by atoms with Crippen LogP contribution in [0.1, 0.15) is 16.0 Å². The number of amides is 1. The van der Waals surface area contributed by atoms with Crippen molar-refractivity contribution in [3.8, 4) is 11.8 Å². The van der Waals surface area contributed by atoms with E-state index in [9.17, 15) is 4.79 Å². The summed E-state index contributed by atoms with van der Waals surface area (Å²) in [6.07, 6.45) is 0.926. The summed E-state index contributed by atoms with van der Waals surface area (Å²) in [5.41, 5.74) is 1.83. The van der Waals surface area contributed by atoms with Crippen molar-refractivity contribution < 1.29 is 9.53 Å². The summed E-state index contributed by atoms with van der Waals surface area (Å²) in [5, 5.41) is 10.8. The average molecular weight is 298 g/mol. The molecule has 0 atom stereocenters. The van der Waals surface area contributed by atoms with Crippen LogP contribution in [0.3, 0.4) is 0 Å². The third-order valence-corrected chi connectivity index (χ3v) is 4.53. The second kappa shape index (κ2) is 5.98. The van der Waals surface area contributed by atoms with Gasteiger partial charge in [0.05, 0.1) is 11.6 Å². The minimum absolute atomic E-state index is 0.00351. The van der Waals surface area contributed by atoms with Gasteiger partial charge in [-0.05, 0) is 47.7 Å². The fraction of sp³-hybridized carbons (Fsp3) is 0.250. The maximum Gasteiger partial charge on any atom is 0.260 e. The Morgan fingerprint density at radius 3 is 2.90 bits per heavy atom. The van der Waals surface area contributed by atoms with Gasteiger partial charge in [-0.3, -0.25) is 4.79 Å². The number of fused-ring (bicyclic) bond motifs is 1. The lowest BCUT2D eigenvalue weighted by Crippen LogP contribution is -2.38. The van der Waals surface area contributed by atoms with Crippen LogP contribution in [0.5, 0.6) is 5.75 Å². The molecule has 1 amide bonds. The van der Waals surface area contributed by atoms with Crippen LogP contribution in [-0.2, 0) is 17.8 Å². The van der Waals surface area contributed by atoms with Gasteiger partial charge in [0.15, 0.2) is 6.61 Å². The molecule has 2 aromatic rings. The SMILES string of the molecule is N#Cc1ccc(OCC(=O)N2CCc3sccc3C2)cc1. The van der Waals surface area contributed by atoms with Gasteiger partial charge in [0.2, 0.25) is 0 Å². The van der Waals surface area contributed by atoms with E-state index in [1.54, 1.807) is 35.6 Å². The van der Waals surface area contributed by atoms with E-state index in [2.05, 4.69) is 11.4 Å². The van der Waals surface area contributed by atoms with Crippen LogP contribution in [0, 0.1) is 11.3 Å². The van der Waals surface area contributed by atoms with E-state index in [0.29, 0.717) is 17.9 Å². The highest BCUT2D eigenvalue weighted by Crippen LogP contribution is 2.24. The molecule has 0 saturated carbocycles. The predicted molar refractivity (Wildman–Crippen MR) is 80.1 cm³/mol. The summed E-state index contributed by atoms with van der Waals surface area (Å²) in [4.78, 5) is 15.4. The molecule has 0 spiro atoms. The summed E-state index contributed by atoms with van der Waals surface area (Å²) in [6.45, 7) is 1.46. The third-order valence-electron chi connectivity index (χ3n) is 3.51. The Balaban J connectivity index is 1.56. The Bertz CT molecular complexity index is 685. The Labute approximate surface area is 127 Å². The van der Waals surface area contributed by atoms with Gasteiger partial charge in [-0.25, -0.2) is 0 Å². The van der Waals surface area contributed by atoms with Crippen molar-refractivity contribution in [3.63, 3.8) is 0 Å². The Hall–Kier alpha value is -2.32. The normalized spacial score (nSPS) is 13.4. The number of benzene rings is 1. The van der Waals surface area contributed by atoms with E-state index < -0.39 is 0 Å². The molecule has 1 aliphatic heterocycles. The molecule has 4 nitrogen and oxygen atoms in total. The van der Waals surface area contributed by atoms with Crippen molar-refractivity contribution in [2.45, 2.75) is 13.0 Å². The number of hydrogen-bond donors (Lipinski definition) is 0. The standard InChI is InChI=1S/C16H14N2O2S/c17-9-12-1-3-14(4-2-12)20-11-16(19)18-7-5-15-13(10-18)6-8-21-15/h1-4,6,8H,5,7,10-11H2. The van der Waals surface area contributed by atoms with Gasteiger partial charge in [-0.1, -0.05) is 0 Å². The first kappa shape index (κ1) is 13.7. The van der Waals surface area contributed by atoms with E-state index in [1.807, 2.05) is 11.0 Å². The van der Waals surface area contributed by atoms with Crippen LogP contribution >= 0.6 is 11.3 Å². The average Bonchev–Trinajstić information content (AvgIpc) is 3.00. The van der Waals surface area contributed by atoms with Crippen molar-refractivity contribution in [2.75, 3.05) is 13.2 Å². The number of hydrogen-bond acceptors (Lipinski definition) is 4.